The number of carbonyl (C=O) groups excluding carboxylic acids is 1. The summed E-state index contributed by atoms with van der Waals surface area (Å²) in [5, 5.41) is 6.19. The molecule has 0 radical (unpaired) electrons. The SMILES string of the molecule is Cc1nc(-c2ccc(CNC(=O)C3CC=CCC3)cc2)cs1. The third-order valence-electron chi connectivity index (χ3n) is 3.98. The first-order chi connectivity index (χ1) is 10.7. The Morgan fingerprint density at radius 2 is 2.14 bits per heavy atom. The van der Waals surface area contributed by atoms with Gasteiger partial charge in [-0.3, -0.25) is 4.79 Å². The maximum Gasteiger partial charge on any atom is 0.223 e. The zero-order chi connectivity index (χ0) is 15.4. The Hall–Kier alpha value is -1.94. The summed E-state index contributed by atoms with van der Waals surface area (Å²) in [6, 6.07) is 8.26. The molecule has 1 aromatic carbocycles. The summed E-state index contributed by atoms with van der Waals surface area (Å²) in [6.07, 6.45) is 7.11. The molecule has 0 fully saturated rings. The highest BCUT2D eigenvalue weighted by Gasteiger charge is 2.17. The molecule has 1 aliphatic carbocycles. The van der Waals surface area contributed by atoms with Gasteiger partial charge < -0.3 is 5.32 Å². The van der Waals surface area contributed by atoms with E-state index in [2.05, 4.69) is 52.1 Å². The van der Waals surface area contributed by atoms with Gasteiger partial charge in [-0.15, -0.1) is 11.3 Å². The molecule has 114 valence electrons. The van der Waals surface area contributed by atoms with Crippen LogP contribution in [0.25, 0.3) is 11.3 Å². The minimum absolute atomic E-state index is 0.141. The van der Waals surface area contributed by atoms with Crippen molar-refractivity contribution in [2.24, 2.45) is 5.92 Å². The average Bonchev–Trinajstić information content (AvgIpc) is 3.00. The Morgan fingerprint density at radius 3 is 2.77 bits per heavy atom. The van der Waals surface area contributed by atoms with Crippen molar-refractivity contribution >= 4 is 17.2 Å². The van der Waals surface area contributed by atoms with Gasteiger partial charge in [0.05, 0.1) is 10.7 Å². The van der Waals surface area contributed by atoms with E-state index >= 15 is 0 Å². The summed E-state index contributed by atoms with van der Waals surface area (Å²) < 4.78 is 0. The van der Waals surface area contributed by atoms with Crippen LogP contribution in [0, 0.1) is 12.8 Å². The van der Waals surface area contributed by atoms with Gasteiger partial charge in [-0.05, 0) is 31.7 Å². The molecule has 0 bridgehead atoms. The second-order valence-corrected chi connectivity index (χ2v) is 6.71. The van der Waals surface area contributed by atoms with Crippen molar-refractivity contribution in [3.05, 3.63) is 52.4 Å². The van der Waals surface area contributed by atoms with Crippen LogP contribution in [0.2, 0.25) is 0 Å². The van der Waals surface area contributed by atoms with E-state index in [-0.39, 0.29) is 11.8 Å². The van der Waals surface area contributed by atoms with Crippen LogP contribution < -0.4 is 5.32 Å². The summed E-state index contributed by atoms with van der Waals surface area (Å²) >= 11 is 1.66. The minimum Gasteiger partial charge on any atom is -0.352 e. The zero-order valence-corrected chi connectivity index (χ0v) is 13.5. The lowest BCUT2D eigenvalue weighted by atomic mass is 9.93. The minimum atomic E-state index is 0.141. The van der Waals surface area contributed by atoms with Crippen LogP contribution in [0.4, 0.5) is 0 Å². The van der Waals surface area contributed by atoms with E-state index in [4.69, 9.17) is 0 Å². The van der Waals surface area contributed by atoms with Crippen LogP contribution in [0.1, 0.15) is 29.8 Å². The molecule has 1 amide bonds. The highest BCUT2D eigenvalue weighted by molar-refractivity contribution is 7.09. The monoisotopic (exact) mass is 312 g/mol. The fourth-order valence-corrected chi connectivity index (χ4v) is 3.28. The molecule has 0 saturated heterocycles. The number of thiazole rings is 1. The number of nitrogens with zero attached hydrogens (tertiary/aromatic N) is 1. The first-order valence-corrected chi connectivity index (χ1v) is 8.54. The number of amides is 1. The van der Waals surface area contributed by atoms with Crippen LogP contribution in [0.5, 0.6) is 0 Å². The Bertz CT molecular complexity index is 673. The van der Waals surface area contributed by atoms with Gasteiger partial charge in [0.25, 0.3) is 0 Å². The molecular weight excluding hydrogens is 292 g/mol. The van der Waals surface area contributed by atoms with E-state index in [1.807, 2.05) is 6.92 Å². The number of hydrogen-bond donors (Lipinski definition) is 1. The van der Waals surface area contributed by atoms with Crippen LogP contribution in [0.3, 0.4) is 0 Å². The van der Waals surface area contributed by atoms with Gasteiger partial charge in [-0.2, -0.15) is 0 Å². The lowest BCUT2D eigenvalue weighted by Crippen LogP contribution is -2.30. The normalized spacial score (nSPS) is 17.4. The van der Waals surface area contributed by atoms with Gasteiger partial charge in [-0.1, -0.05) is 36.4 Å². The number of allylic oxidation sites excluding steroid dienone is 2. The third kappa shape index (κ3) is 3.63. The van der Waals surface area contributed by atoms with Crippen LogP contribution in [0.15, 0.2) is 41.8 Å². The number of nitrogens with one attached hydrogen (secondary N) is 1. The Labute approximate surface area is 135 Å². The van der Waals surface area contributed by atoms with Crippen LogP contribution >= 0.6 is 11.3 Å². The molecule has 3 rings (SSSR count). The van der Waals surface area contributed by atoms with E-state index in [9.17, 15) is 4.79 Å². The summed E-state index contributed by atoms with van der Waals surface area (Å²) in [6.45, 7) is 2.61. The summed E-state index contributed by atoms with van der Waals surface area (Å²) in [5.74, 6) is 0.311. The van der Waals surface area contributed by atoms with E-state index in [0.29, 0.717) is 6.54 Å². The number of hydrogen-bond acceptors (Lipinski definition) is 3. The van der Waals surface area contributed by atoms with Crippen molar-refractivity contribution < 1.29 is 4.79 Å². The second-order valence-electron chi connectivity index (χ2n) is 5.65. The van der Waals surface area contributed by atoms with Crippen molar-refractivity contribution in [2.75, 3.05) is 0 Å². The van der Waals surface area contributed by atoms with Crippen LogP contribution in [-0.4, -0.2) is 10.9 Å². The third-order valence-corrected chi connectivity index (χ3v) is 4.75. The predicted octanol–water partition coefficient (Wildman–Crippen LogP) is 4.09. The molecule has 1 aliphatic rings. The van der Waals surface area contributed by atoms with Gasteiger partial charge in [0.2, 0.25) is 5.91 Å². The largest absolute Gasteiger partial charge is 0.352 e. The molecule has 1 atom stereocenters. The standard InChI is InChI=1S/C18H20N2OS/c1-13-20-17(12-22-13)15-9-7-14(8-10-15)11-19-18(21)16-5-3-2-4-6-16/h2-3,7-10,12,16H,4-6,11H2,1H3,(H,19,21). The first-order valence-electron chi connectivity index (χ1n) is 7.66. The molecule has 3 nitrogen and oxygen atoms in total. The van der Waals surface area contributed by atoms with Crippen molar-refractivity contribution in [3.63, 3.8) is 0 Å². The average molecular weight is 312 g/mol. The van der Waals surface area contributed by atoms with Gasteiger partial charge in [0.15, 0.2) is 0 Å². The van der Waals surface area contributed by atoms with E-state index in [1.54, 1.807) is 11.3 Å². The topological polar surface area (TPSA) is 42.0 Å². The highest BCUT2D eigenvalue weighted by Crippen LogP contribution is 2.22. The molecule has 0 aliphatic heterocycles. The highest BCUT2D eigenvalue weighted by atomic mass is 32.1. The Balaban J connectivity index is 1.57. The summed E-state index contributed by atoms with van der Waals surface area (Å²) in [7, 11) is 0. The van der Waals surface area contributed by atoms with E-state index in [0.717, 1.165) is 41.1 Å². The Kier molecular flexibility index (Phi) is 4.68. The molecule has 22 heavy (non-hydrogen) atoms. The molecule has 2 aromatic rings. The van der Waals surface area contributed by atoms with Gasteiger partial charge in [-0.25, -0.2) is 4.98 Å². The zero-order valence-electron chi connectivity index (χ0n) is 12.7. The van der Waals surface area contributed by atoms with Crippen molar-refractivity contribution in [1.29, 1.82) is 0 Å². The molecule has 0 spiro atoms. The lowest BCUT2D eigenvalue weighted by Gasteiger charge is -2.17. The van der Waals surface area contributed by atoms with E-state index in [1.165, 1.54) is 0 Å². The van der Waals surface area contributed by atoms with Crippen molar-refractivity contribution in [3.8, 4) is 11.3 Å². The fourth-order valence-electron chi connectivity index (χ4n) is 2.65. The van der Waals surface area contributed by atoms with Gasteiger partial charge in [0.1, 0.15) is 0 Å². The number of aryl methyl sites for hydroxylation is 1. The Morgan fingerprint density at radius 1 is 1.32 bits per heavy atom. The molecule has 4 heteroatoms. The summed E-state index contributed by atoms with van der Waals surface area (Å²) in [4.78, 5) is 16.6. The molecule has 1 unspecified atom stereocenters. The molecular formula is C18H20N2OS. The number of rotatable bonds is 4. The first kappa shape index (κ1) is 15.0. The van der Waals surface area contributed by atoms with Gasteiger partial charge in [0, 0.05) is 23.4 Å². The smallest absolute Gasteiger partial charge is 0.223 e. The van der Waals surface area contributed by atoms with Crippen LogP contribution in [-0.2, 0) is 11.3 Å². The maximum atomic E-state index is 12.1. The number of carbonyl (C=O) groups is 1. The quantitative estimate of drug-likeness (QED) is 0.864. The summed E-state index contributed by atoms with van der Waals surface area (Å²) in [5.41, 5.74) is 3.26. The molecule has 1 aromatic heterocycles. The van der Waals surface area contributed by atoms with Crippen molar-refractivity contribution in [1.82, 2.24) is 10.3 Å². The van der Waals surface area contributed by atoms with Crippen molar-refractivity contribution in [2.45, 2.75) is 32.7 Å². The van der Waals surface area contributed by atoms with Gasteiger partial charge >= 0.3 is 0 Å². The second kappa shape index (κ2) is 6.88. The lowest BCUT2D eigenvalue weighted by molar-refractivity contribution is -0.125. The molecule has 1 N–H and O–H groups in total. The fraction of sp³-hybridized carbons (Fsp3) is 0.333. The maximum absolute atomic E-state index is 12.1. The molecule has 0 saturated carbocycles. The number of aromatic nitrogens is 1. The number of benzene rings is 1. The molecule has 1 heterocycles. The predicted molar refractivity (Wildman–Crippen MR) is 90.6 cm³/mol. The van der Waals surface area contributed by atoms with E-state index < -0.39 is 0 Å².